The van der Waals surface area contributed by atoms with E-state index in [0.717, 1.165) is 5.69 Å². The summed E-state index contributed by atoms with van der Waals surface area (Å²) in [5.74, 6) is 0.0447. The zero-order valence-corrected chi connectivity index (χ0v) is 10.4. The third kappa shape index (κ3) is 2.37. The molecule has 0 bridgehead atoms. The first-order valence-corrected chi connectivity index (χ1v) is 5.89. The van der Waals surface area contributed by atoms with Crippen molar-refractivity contribution in [3.05, 3.63) is 36.2 Å². The molecular formula is C12H15N5O. The van der Waals surface area contributed by atoms with Crippen molar-refractivity contribution in [2.24, 2.45) is 0 Å². The molecule has 1 aromatic heterocycles. The van der Waals surface area contributed by atoms with Gasteiger partial charge in [0.05, 0.1) is 5.69 Å². The summed E-state index contributed by atoms with van der Waals surface area (Å²) in [4.78, 5) is 13.9. The van der Waals surface area contributed by atoms with Crippen molar-refractivity contribution in [2.75, 3.05) is 13.1 Å². The lowest BCUT2D eigenvalue weighted by Crippen LogP contribution is -2.30. The minimum absolute atomic E-state index is 0.0447. The minimum Gasteiger partial charge on any atom is -0.339 e. The zero-order chi connectivity index (χ0) is 13.0. The van der Waals surface area contributed by atoms with Crippen LogP contribution in [-0.4, -0.2) is 44.1 Å². The van der Waals surface area contributed by atoms with Gasteiger partial charge in [-0.3, -0.25) is 4.79 Å². The van der Waals surface area contributed by atoms with Crippen LogP contribution in [0.1, 0.15) is 24.2 Å². The Morgan fingerprint density at radius 1 is 1.22 bits per heavy atom. The maximum Gasteiger partial charge on any atom is 0.253 e. The Labute approximate surface area is 105 Å². The van der Waals surface area contributed by atoms with Gasteiger partial charge in [-0.25, -0.2) is 4.68 Å². The van der Waals surface area contributed by atoms with E-state index in [2.05, 4.69) is 15.5 Å². The number of hydrogen-bond donors (Lipinski definition) is 0. The highest BCUT2D eigenvalue weighted by molar-refractivity contribution is 5.94. The van der Waals surface area contributed by atoms with Gasteiger partial charge in [-0.15, -0.1) is 5.10 Å². The van der Waals surface area contributed by atoms with Gasteiger partial charge in [0.15, 0.2) is 0 Å². The number of rotatable bonds is 4. The molecule has 0 aliphatic carbocycles. The molecule has 18 heavy (non-hydrogen) atoms. The average Bonchev–Trinajstić information content (AvgIpc) is 2.94. The second-order valence-corrected chi connectivity index (χ2v) is 3.78. The van der Waals surface area contributed by atoms with Crippen molar-refractivity contribution < 1.29 is 4.79 Å². The van der Waals surface area contributed by atoms with Crippen LogP contribution in [-0.2, 0) is 0 Å². The zero-order valence-electron chi connectivity index (χ0n) is 10.4. The molecule has 1 amide bonds. The van der Waals surface area contributed by atoms with Crippen LogP contribution < -0.4 is 0 Å². The first-order chi connectivity index (χ1) is 8.76. The van der Waals surface area contributed by atoms with E-state index in [1.807, 2.05) is 26.0 Å². The summed E-state index contributed by atoms with van der Waals surface area (Å²) in [7, 11) is 0. The standard InChI is InChI=1S/C12H15N5O/c1-3-16(4-2)12(18)10-5-7-11(8-6-10)17-9-13-14-15-17/h5-9H,3-4H2,1-2H3. The van der Waals surface area contributed by atoms with Crippen LogP contribution in [0.4, 0.5) is 0 Å². The molecule has 0 atom stereocenters. The van der Waals surface area contributed by atoms with Crippen LogP contribution >= 0.6 is 0 Å². The Morgan fingerprint density at radius 3 is 2.39 bits per heavy atom. The monoisotopic (exact) mass is 245 g/mol. The van der Waals surface area contributed by atoms with Gasteiger partial charge in [0, 0.05) is 18.7 Å². The lowest BCUT2D eigenvalue weighted by Gasteiger charge is -2.18. The molecule has 0 N–H and O–H groups in total. The maximum atomic E-state index is 12.1. The summed E-state index contributed by atoms with van der Waals surface area (Å²) in [6.45, 7) is 5.36. The molecule has 1 heterocycles. The Bertz CT molecular complexity index is 502. The molecule has 0 aliphatic rings. The number of nitrogens with zero attached hydrogens (tertiary/aromatic N) is 5. The molecule has 2 rings (SSSR count). The van der Waals surface area contributed by atoms with Gasteiger partial charge in [0.2, 0.25) is 0 Å². The maximum absolute atomic E-state index is 12.1. The van der Waals surface area contributed by atoms with E-state index in [-0.39, 0.29) is 5.91 Å². The third-order valence-electron chi connectivity index (χ3n) is 2.78. The van der Waals surface area contributed by atoms with Crippen molar-refractivity contribution in [1.29, 1.82) is 0 Å². The highest BCUT2D eigenvalue weighted by atomic mass is 16.2. The van der Waals surface area contributed by atoms with Crippen LogP contribution in [0.2, 0.25) is 0 Å². The van der Waals surface area contributed by atoms with Crippen molar-refractivity contribution in [3.63, 3.8) is 0 Å². The van der Waals surface area contributed by atoms with E-state index in [4.69, 9.17) is 0 Å². The predicted octanol–water partition coefficient (Wildman–Crippen LogP) is 1.14. The molecule has 0 unspecified atom stereocenters. The number of hydrogen-bond acceptors (Lipinski definition) is 4. The van der Waals surface area contributed by atoms with E-state index < -0.39 is 0 Å². The fourth-order valence-corrected chi connectivity index (χ4v) is 1.73. The summed E-state index contributed by atoms with van der Waals surface area (Å²) in [6.07, 6.45) is 1.52. The topological polar surface area (TPSA) is 63.9 Å². The summed E-state index contributed by atoms with van der Waals surface area (Å²) < 4.78 is 1.55. The van der Waals surface area contributed by atoms with Crippen molar-refractivity contribution in [1.82, 2.24) is 25.1 Å². The van der Waals surface area contributed by atoms with E-state index in [1.54, 1.807) is 21.7 Å². The first kappa shape index (κ1) is 12.2. The van der Waals surface area contributed by atoms with Gasteiger partial charge in [0.25, 0.3) is 5.91 Å². The van der Waals surface area contributed by atoms with Crippen LogP contribution in [0.3, 0.4) is 0 Å². The summed E-state index contributed by atoms with van der Waals surface area (Å²) in [5, 5.41) is 10.9. The highest BCUT2D eigenvalue weighted by Gasteiger charge is 2.12. The number of aromatic nitrogens is 4. The van der Waals surface area contributed by atoms with Gasteiger partial charge in [-0.05, 0) is 48.5 Å². The van der Waals surface area contributed by atoms with E-state index in [0.29, 0.717) is 18.7 Å². The molecule has 94 valence electrons. The van der Waals surface area contributed by atoms with Crippen molar-refractivity contribution in [2.45, 2.75) is 13.8 Å². The smallest absolute Gasteiger partial charge is 0.253 e. The molecule has 1 aromatic carbocycles. The Kier molecular flexibility index (Phi) is 3.66. The molecule has 0 saturated carbocycles. The molecule has 0 fully saturated rings. The molecule has 6 heteroatoms. The second kappa shape index (κ2) is 5.39. The molecule has 0 aliphatic heterocycles. The normalized spacial score (nSPS) is 10.3. The predicted molar refractivity (Wildman–Crippen MR) is 66.4 cm³/mol. The average molecular weight is 245 g/mol. The third-order valence-corrected chi connectivity index (χ3v) is 2.78. The van der Waals surface area contributed by atoms with E-state index >= 15 is 0 Å². The summed E-state index contributed by atoms with van der Waals surface area (Å²) in [6, 6.07) is 7.23. The SMILES string of the molecule is CCN(CC)C(=O)c1ccc(-n2cnnn2)cc1. The fraction of sp³-hybridized carbons (Fsp3) is 0.333. The van der Waals surface area contributed by atoms with Gasteiger partial charge < -0.3 is 4.90 Å². The fourth-order valence-electron chi connectivity index (χ4n) is 1.73. The Hall–Kier alpha value is -2.24. The number of carbonyl (C=O) groups is 1. The summed E-state index contributed by atoms with van der Waals surface area (Å²) in [5.41, 5.74) is 1.51. The number of tetrazole rings is 1. The van der Waals surface area contributed by atoms with Crippen LogP contribution in [0.25, 0.3) is 5.69 Å². The molecular weight excluding hydrogens is 230 g/mol. The van der Waals surface area contributed by atoms with Crippen molar-refractivity contribution in [3.8, 4) is 5.69 Å². The lowest BCUT2D eigenvalue weighted by molar-refractivity contribution is 0.0773. The molecule has 0 saturated heterocycles. The number of amides is 1. The minimum atomic E-state index is 0.0447. The Morgan fingerprint density at radius 2 is 1.89 bits per heavy atom. The Balaban J connectivity index is 2.20. The molecule has 0 spiro atoms. The largest absolute Gasteiger partial charge is 0.339 e. The molecule has 2 aromatic rings. The first-order valence-electron chi connectivity index (χ1n) is 5.89. The van der Waals surface area contributed by atoms with E-state index in [9.17, 15) is 4.79 Å². The summed E-state index contributed by atoms with van der Waals surface area (Å²) >= 11 is 0. The van der Waals surface area contributed by atoms with Crippen LogP contribution in [0.5, 0.6) is 0 Å². The van der Waals surface area contributed by atoms with Crippen LogP contribution in [0, 0.1) is 0 Å². The van der Waals surface area contributed by atoms with Gasteiger partial charge in [-0.1, -0.05) is 0 Å². The van der Waals surface area contributed by atoms with Gasteiger partial charge in [-0.2, -0.15) is 0 Å². The highest BCUT2D eigenvalue weighted by Crippen LogP contribution is 2.10. The quantitative estimate of drug-likeness (QED) is 0.810. The van der Waals surface area contributed by atoms with Gasteiger partial charge >= 0.3 is 0 Å². The second-order valence-electron chi connectivity index (χ2n) is 3.78. The number of benzene rings is 1. The van der Waals surface area contributed by atoms with E-state index in [1.165, 1.54) is 6.33 Å². The lowest BCUT2D eigenvalue weighted by atomic mass is 10.2. The van der Waals surface area contributed by atoms with Crippen molar-refractivity contribution >= 4 is 5.91 Å². The van der Waals surface area contributed by atoms with Gasteiger partial charge in [0.1, 0.15) is 6.33 Å². The molecule has 6 nitrogen and oxygen atoms in total. The molecule has 0 radical (unpaired) electrons. The number of carbonyl (C=O) groups excluding carboxylic acids is 1. The van der Waals surface area contributed by atoms with Crippen LogP contribution in [0.15, 0.2) is 30.6 Å².